The van der Waals surface area contributed by atoms with Gasteiger partial charge < -0.3 is 10.1 Å². The summed E-state index contributed by atoms with van der Waals surface area (Å²) in [5, 5.41) is 2.79. The first kappa shape index (κ1) is 20.9. The molecule has 27 heavy (non-hydrogen) atoms. The lowest BCUT2D eigenvalue weighted by Crippen LogP contribution is -2.30. The zero-order chi connectivity index (χ0) is 20.2. The van der Waals surface area contributed by atoms with Crippen LogP contribution in [-0.4, -0.2) is 38.8 Å². The van der Waals surface area contributed by atoms with E-state index in [1.165, 1.54) is 23.5 Å². The van der Waals surface area contributed by atoms with Gasteiger partial charge in [-0.2, -0.15) is 4.31 Å². The number of amides is 1. The van der Waals surface area contributed by atoms with Crippen LogP contribution in [0.5, 0.6) is 5.75 Å². The molecule has 0 fully saturated rings. The molecule has 0 spiro atoms. The molecule has 0 radical (unpaired) electrons. The number of nitrogens with zero attached hydrogens (tertiary/aromatic N) is 1. The molecule has 1 amide bonds. The minimum absolute atomic E-state index is 0.114. The van der Waals surface area contributed by atoms with E-state index in [-0.39, 0.29) is 10.8 Å². The summed E-state index contributed by atoms with van der Waals surface area (Å²) in [5.41, 5.74) is 2.74. The molecule has 7 heteroatoms. The maximum absolute atomic E-state index is 12.8. The van der Waals surface area contributed by atoms with Crippen LogP contribution in [0.25, 0.3) is 0 Å². The molecule has 0 bridgehead atoms. The van der Waals surface area contributed by atoms with E-state index in [0.29, 0.717) is 30.1 Å². The number of carbonyl (C=O) groups is 1. The molecule has 2 rings (SSSR count). The van der Waals surface area contributed by atoms with Crippen molar-refractivity contribution in [1.82, 2.24) is 4.31 Å². The molecule has 2 aromatic rings. The van der Waals surface area contributed by atoms with Gasteiger partial charge in [-0.3, -0.25) is 4.79 Å². The van der Waals surface area contributed by atoms with Crippen LogP contribution >= 0.6 is 0 Å². The Morgan fingerprint density at radius 3 is 2.37 bits per heavy atom. The number of rotatable bonds is 7. The average molecular weight is 391 g/mol. The highest BCUT2D eigenvalue weighted by atomic mass is 32.2. The van der Waals surface area contributed by atoms with Crippen LogP contribution in [0.3, 0.4) is 0 Å². The van der Waals surface area contributed by atoms with Crippen LogP contribution in [0.2, 0.25) is 0 Å². The molecule has 2 aromatic carbocycles. The Morgan fingerprint density at radius 2 is 1.78 bits per heavy atom. The highest BCUT2D eigenvalue weighted by molar-refractivity contribution is 7.89. The number of benzene rings is 2. The van der Waals surface area contributed by atoms with Gasteiger partial charge in [0.05, 0.1) is 17.7 Å². The molecule has 0 saturated carbocycles. The number of aryl methyl sites for hydroxylation is 1. The van der Waals surface area contributed by atoms with Crippen LogP contribution in [0, 0.1) is 13.8 Å². The molecule has 0 aromatic heterocycles. The molecule has 0 unspecified atom stereocenters. The third-order valence-corrected chi connectivity index (χ3v) is 6.66. The van der Waals surface area contributed by atoms with Gasteiger partial charge in [-0.15, -0.1) is 0 Å². The summed E-state index contributed by atoms with van der Waals surface area (Å²) < 4.78 is 32.2. The summed E-state index contributed by atoms with van der Waals surface area (Å²) in [4.78, 5) is 12.9. The third-order valence-electron chi connectivity index (χ3n) is 4.61. The Kier molecular flexibility index (Phi) is 6.62. The molecule has 0 atom stereocenters. The van der Waals surface area contributed by atoms with Crippen LogP contribution in [0.15, 0.2) is 41.3 Å². The molecule has 0 aliphatic rings. The third kappa shape index (κ3) is 4.31. The minimum atomic E-state index is -3.64. The maximum Gasteiger partial charge on any atom is 0.256 e. The number of hydrogen-bond donors (Lipinski definition) is 1. The predicted molar refractivity (Wildman–Crippen MR) is 107 cm³/mol. The number of ether oxygens (including phenoxy) is 1. The standard InChI is InChI=1S/C20H26N2O4S/c1-6-22(7-2)27(24,25)16-11-12-19(26-5)18(13-16)21-20(23)17-10-8-9-14(3)15(17)4/h8-13H,6-7H2,1-5H3,(H,21,23). The lowest BCUT2D eigenvalue weighted by atomic mass is 10.0. The summed E-state index contributed by atoms with van der Waals surface area (Å²) in [6, 6.07) is 9.96. The fourth-order valence-electron chi connectivity index (χ4n) is 2.84. The summed E-state index contributed by atoms with van der Waals surface area (Å²) in [6.07, 6.45) is 0. The first-order valence-electron chi connectivity index (χ1n) is 8.82. The Labute approximate surface area is 161 Å². The Morgan fingerprint density at radius 1 is 1.11 bits per heavy atom. The molecule has 0 saturated heterocycles. The molecule has 146 valence electrons. The maximum atomic E-state index is 12.8. The highest BCUT2D eigenvalue weighted by Gasteiger charge is 2.23. The van der Waals surface area contributed by atoms with Crippen molar-refractivity contribution in [3.8, 4) is 5.75 Å². The first-order valence-corrected chi connectivity index (χ1v) is 10.3. The van der Waals surface area contributed by atoms with E-state index >= 15 is 0 Å². The summed E-state index contributed by atoms with van der Waals surface area (Å²) >= 11 is 0. The average Bonchev–Trinajstić information content (AvgIpc) is 2.64. The van der Waals surface area contributed by atoms with Gasteiger partial charge in [0.2, 0.25) is 10.0 Å². The molecule has 0 aliphatic carbocycles. The zero-order valence-corrected chi connectivity index (χ0v) is 17.2. The van der Waals surface area contributed by atoms with Gasteiger partial charge >= 0.3 is 0 Å². The van der Waals surface area contributed by atoms with Crippen LogP contribution in [-0.2, 0) is 10.0 Å². The van der Waals surface area contributed by atoms with E-state index in [1.807, 2.05) is 26.0 Å². The molecule has 1 N–H and O–H groups in total. The molecule has 0 heterocycles. The Hall–Kier alpha value is -2.38. The summed E-state index contributed by atoms with van der Waals surface area (Å²) in [7, 11) is -2.16. The number of sulfonamides is 1. The number of anilines is 1. The predicted octanol–water partition coefficient (Wildman–Crippen LogP) is 3.59. The van der Waals surface area contributed by atoms with E-state index < -0.39 is 10.0 Å². The largest absolute Gasteiger partial charge is 0.495 e. The molecule has 6 nitrogen and oxygen atoms in total. The van der Waals surface area contributed by atoms with Crippen LogP contribution < -0.4 is 10.1 Å². The van der Waals surface area contributed by atoms with Crippen molar-refractivity contribution in [1.29, 1.82) is 0 Å². The van der Waals surface area contributed by atoms with E-state index in [4.69, 9.17) is 4.74 Å². The lowest BCUT2D eigenvalue weighted by molar-refractivity contribution is 0.102. The second kappa shape index (κ2) is 8.54. The van der Waals surface area contributed by atoms with Crippen molar-refractivity contribution in [2.24, 2.45) is 0 Å². The van der Waals surface area contributed by atoms with E-state index in [9.17, 15) is 13.2 Å². The Bertz CT molecular complexity index is 935. The van der Waals surface area contributed by atoms with Gasteiger partial charge in [-0.05, 0) is 49.2 Å². The van der Waals surface area contributed by atoms with E-state index in [2.05, 4.69) is 5.32 Å². The topological polar surface area (TPSA) is 75.7 Å². The van der Waals surface area contributed by atoms with Crippen molar-refractivity contribution in [3.05, 3.63) is 53.1 Å². The smallest absolute Gasteiger partial charge is 0.256 e. The van der Waals surface area contributed by atoms with Gasteiger partial charge in [0.15, 0.2) is 0 Å². The normalized spacial score (nSPS) is 11.5. The lowest BCUT2D eigenvalue weighted by Gasteiger charge is -2.20. The number of nitrogens with one attached hydrogen (secondary N) is 1. The number of hydrogen-bond acceptors (Lipinski definition) is 4. The number of carbonyl (C=O) groups excluding carboxylic acids is 1. The molecule has 0 aliphatic heterocycles. The number of methoxy groups -OCH3 is 1. The second-order valence-electron chi connectivity index (χ2n) is 6.15. The van der Waals surface area contributed by atoms with Crippen molar-refractivity contribution in [2.45, 2.75) is 32.6 Å². The van der Waals surface area contributed by atoms with E-state index in [1.54, 1.807) is 26.0 Å². The fraction of sp³-hybridized carbons (Fsp3) is 0.350. The van der Waals surface area contributed by atoms with Crippen LogP contribution in [0.4, 0.5) is 5.69 Å². The molecular formula is C20H26N2O4S. The van der Waals surface area contributed by atoms with Gasteiger partial charge in [-0.1, -0.05) is 26.0 Å². The highest BCUT2D eigenvalue weighted by Crippen LogP contribution is 2.29. The van der Waals surface area contributed by atoms with Crippen molar-refractivity contribution >= 4 is 21.6 Å². The van der Waals surface area contributed by atoms with Crippen molar-refractivity contribution in [3.63, 3.8) is 0 Å². The van der Waals surface area contributed by atoms with Crippen molar-refractivity contribution in [2.75, 3.05) is 25.5 Å². The fourth-order valence-corrected chi connectivity index (χ4v) is 4.33. The minimum Gasteiger partial charge on any atom is -0.495 e. The Balaban J connectivity index is 2.44. The van der Waals surface area contributed by atoms with Gasteiger partial charge in [0, 0.05) is 18.7 Å². The zero-order valence-electron chi connectivity index (χ0n) is 16.4. The van der Waals surface area contributed by atoms with Gasteiger partial charge in [0.25, 0.3) is 5.91 Å². The van der Waals surface area contributed by atoms with Gasteiger partial charge in [0.1, 0.15) is 5.75 Å². The summed E-state index contributed by atoms with van der Waals surface area (Å²) in [6.45, 7) is 8.12. The molecular weight excluding hydrogens is 364 g/mol. The monoisotopic (exact) mass is 390 g/mol. The quantitative estimate of drug-likeness (QED) is 0.784. The van der Waals surface area contributed by atoms with Crippen LogP contribution in [0.1, 0.15) is 35.3 Å². The van der Waals surface area contributed by atoms with Crippen molar-refractivity contribution < 1.29 is 17.9 Å². The second-order valence-corrected chi connectivity index (χ2v) is 8.09. The SMILES string of the molecule is CCN(CC)S(=O)(=O)c1ccc(OC)c(NC(=O)c2cccc(C)c2C)c1. The van der Waals surface area contributed by atoms with Gasteiger partial charge in [-0.25, -0.2) is 8.42 Å². The summed E-state index contributed by atoms with van der Waals surface area (Å²) in [5.74, 6) is 0.0824. The van der Waals surface area contributed by atoms with E-state index in [0.717, 1.165) is 11.1 Å². The first-order chi connectivity index (χ1) is 12.8.